The first kappa shape index (κ1) is 7.21. The van der Waals surface area contributed by atoms with Crippen LogP contribution in [0.3, 0.4) is 0 Å². The highest BCUT2D eigenvalue weighted by atomic mass is 19.3. The van der Waals surface area contributed by atoms with Crippen LogP contribution in [0.4, 0.5) is 8.78 Å². The maximum Gasteiger partial charge on any atom is 0.313 e. The van der Waals surface area contributed by atoms with Crippen molar-refractivity contribution in [2.45, 2.75) is 6.43 Å². The summed E-state index contributed by atoms with van der Waals surface area (Å²) in [6.07, 6.45) is -2.64. The Morgan fingerprint density at radius 2 is 2.00 bits per heavy atom. The molecule has 2 aromatic rings. The van der Waals surface area contributed by atoms with Crippen LogP contribution in [0.5, 0.6) is 0 Å². The molecule has 0 fully saturated rings. The number of para-hydroxylation sites is 2. The predicted octanol–water partition coefficient (Wildman–Crippen LogP) is 2.77. The second-order valence-corrected chi connectivity index (χ2v) is 2.32. The van der Waals surface area contributed by atoms with E-state index in [9.17, 15) is 8.78 Å². The molecule has 0 aliphatic carbocycles. The molecule has 0 aliphatic heterocycles. The third-order valence-electron chi connectivity index (χ3n) is 1.50. The van der Waals surface area contributed by atoms with Crippen molar-refractivity contribution in [3.05, 3.63) is 30.2 Å². The smallest absolute Gasteiger partial charge is 0.313 e. The largest absolute Gasteiger partial charge is 0.435 e. The highest BCUT2D eigenvalue weighted by molar-refractivity contribution is 5.72. The van der Waals surface area contributed by atoms with Gasteiger partial charge >= 0.3 is 6.43 Å². The third kappa shape index (κ3) is 1.05. The summed E-state index contributed by atoms with van der Waals surface area (Å²) < 4.78 is 28.9. The lowest BCUT2D eigenvalue weighted by Gasteiger charge is -1.86. The molecule has 0 spiro atoms. The maximum atomic E-state index is 12.0. The lowest BCUT2D eigenvalue weighted by Crippen LogP contribution is -1.80. The first-order valence-electron chi connectivity index (χ1n) is 3.41. The van der Waals surface area contributed by atoms with Crippen LogP contribution in [0.1, 0.15) is 12.3 Å². The first-order chi connectivity index (χ1) is 5.77. The zero-order valence-electron chi connectivity index (χ0n) is 6.00. The van der Waals surface area contributed by atoms with Crippen LogP contribution >= 0.6 is 0 Å². The number of halogens is 2. The number of oxazole rings is 1. The molecule has 1 aromatic carbocycles. The summed E-state index contributed by atoms with van der Waals surface area (Å²) in [5.74, 6) is -0.517. The van der Waals surface area contributed by atoms with Gasteiger partial charge in [-0.2, -0.15) is 8.78 Å². The minimum atomic E-state index is -2.64. The average molecular weight is 169 g/mol. The van der Waals surface area contributed by atoms with Crippen molar-refractivity contribution in [3.8, 4) is 0 Å². The quantitative estimate of drug-likeness (QED) is 0.656. The van der Waals surface area contributed by atoms with E-state index in [4.69, 9.17) is 4.42 Å². The lowest BCUT2D eigenvalue weighted by atomic mass is 10.3. The highest BCUT2D eigenvalue weighted by Gasteiger charge is 2.14. The number of nitrogens with zero attached hydrogens (tertiary/aromatic N) is 1. The number of alkyl halides is 2. The molecule has 1 aromatic heterocycles. The SMILES string of the molecule is FC(F)c1nc2ccccc2o1. The van der Waals surface area contributed by atoms with Crippen LogP contribution in [0, 0.1) is 0 Å². The molecule has 2 rings (SSSR count). The summed E-state index contributed by atoms with van der Waals surface area (Å²) >= 11 is 0. The Hall–Kier alpha value is -1.45. The molecule has 0 bridgehead atoms. The van der Waals surface area contributed by atoms with Crippen molar-refractivity contribution in [2.75, 3.05) is 0 Å². The minimum absolute atomic E-state index is 0.396. The zero-order valence-corrected chi connectivity index (χ0v) is 6.00. The van der Waals surface area contributed by atoms with E-state index < -0.39 is 12.3 Å². The molecule has 2 nitrogen and oxygen atoms in total. The van der Waals surface area contributed by atoms with E-state index in [0.717, 1.165) is 0 Å². The second kappa shape index (κ2) is 2.55. The van der Waals surface area contributed by atoms with Gasteiger partial charge in [0.15, 0.2) is 5.58 Å². The normalized spacial score (nSPS) is 11.2. The van der Waals surface area contributed by atoms with Gasteiger partial charge in [-0.25, -0.2) is 4.98 Å². The average Bonchev–Trinajstić information content (AvgIpc) is 2.46. The van der Waals surface area contributed by atoms with Gasteiger partial charge in [-0.1, -0.05) is 12.1 Å². The van der Waals surface area contributed by atoms with E-state index in [0.29, 0.717) is 11.1 Å². The molecule has 0 saturated carbocycles. The molecule has 0 saturated heterocycles. The van der Waals surface area contributed by atoms with E-state index >= 15 is 0 Å². The lowest BCUT2D eigenvalue weighted by molar-refractivity contribution is 0.117. The second-order valence-electron chi connectivity index (χ2n) is 2.32. The molecule has 0 N–H and O–H groups in total. The van der Waals surface area contributed by atoms with Crippen LogP contribution in [0.2, 0.25) is 0 Å². The van der Waals surface area contributed by atoms with Crippen molar-refractivity contribution >= 4 is 11.1 Å². The number of hydrogen-bond acceptors (Lipinski definition) is 2. The fourth-order valence-electron chi connectivity index (χ4n) is 0.983. The van der Waals surface area contributed by atoms with Gasteiger partial charge in [-0.05, 0) is 12.1 Å². The predicted molar refractivity (Wildman–Crippen MR) is 39.0 cm³/mol. The van der Waals surface area contributed by atoms with Gasteiger partial charge in [0.2, 0.25) is 0 Å². The molecule has 0 amide bonds. The standard InChI is InChI=1S/C8H5F2NO/c9-7(10)8-11-5-3-1-2-4-6(5)12-8/h1-4,7H. The number of hydrogen-bond donors (Lipinski definition) is 0. The first-order valence-corrected chi connectivity index (χ1v) is 3.41. The van der Waals surface area contributed by atoms with Gasteiger partial charge in [0, 0.05) is 0 Å². The zero-order chi connectivity index (χ0) is 8.55. The monoisotopic (exact) mass is 169 g/mol. The van der Waals surface area contributed by atoms with Gasteiger partial charge in [0.1, 0.15) is 5.52 Å². The van der Waals surface area contributed by atoms with E-state index in [1.165, 1.54) is 0 Å². The van der Waals surface area contributed by atoms with Crippen LogP contribution < -0.4 is 0 Å². The van der Waals surface area contributed by atoms with Gasteiger partial charge in [0.05, 0.1) is 0 Å². The van der Waals surface area contributed by atoms with Crippen LogP contribution in [0.15, 0.2) is 28.7 Å². The molecular formula is C8H5F2NO. The molecule has 62 valence electrons. The van der Waals surface area contributed by atoms with Crippen LogP contribution in [0.25, 0.3) is 11.1 Å². The molecule has 0 atom stereocenters. The maximum absolute atomic E-state index is 12.0. The molecule has 0 unspecified atom stereocenters. The van der Waals surface area contributed by atoms with Gasteiger partial charge in [0.25, 0.3) is 5.89 Å². The number of rotatable bonds is 1. The highest BCUT2D eigenvalue weighted by Crippen LogP contribution is 2.22. The number of benzene rings is 1. The van der Waals surface area contributed by atoms with Crippen LogP contribution in [-0.2, 0) is 0 Å². The Labute approximate surface area is 66.8 Å². The molecule has 1 heterocycles. The van der Waals surface area contributed by atoms with Crippen molar-refractivity contribution in [1.29, 1.82) is 0 Å². The van der Waals surface area contributed by atoms with E-state index in [2.05, 4.69) is 4.98 Å². The Balaban J connectivity index is 2.62. The summed E-state index contributed by atoms with van der Waals surface area (Å²) in [6, 6.07) is 6.67. The Morgan fingerprint density at radius 3 is 2.67 bits per heavy atom. The van der Waals surface area contributed by atoms with Crippen molar-refractivity contribution < 1.29 is 13.2 Å². The molecule has 12 heavy (non-hydrogen) atoms. The molecule has 0 radical (unpaired) electrons. The Kier molecular flexibility index (Phi) is 1.53. The van der Waals surface area contributed by atoms with E-state index in [-0.39, 0.29) is 0 Å². The minimum Gasteiger partial charge on any atom is -0.435 e. The summed E-state index contributed by atoms with van der Waals surface area (Å²) in [7, 11) is 0. The summed E-state index contributed by atoms with van der Waals surface area (Å²) in [6.45, 7) is 0. The van der Waals surface area contributed by atoms with Gasteiger partial charge in [-0.3, -0.25) is 0 Å². The van der Waals surface area contributed by atoms with E-state index in [1.54, 1.807) is 24.3 Å². The Morgan fingerprint density at radius 1 is 1.25 bits per heavy atom. The number of fused-ring (bicyclic) bond motifs is 1. The molecular weight excluding hydrogens is 164 g/mol. The summed E-state index contributed by atoms with van der Waals surface area (Å²) in [4.78, 5) is 3.60. The number of aromatic nitrogens is 1. The fourth-order valence-corrected chi connectivity index (χ4v) is 0.983. The summed E-state index contributed by atoms with van der Waals surface area (Å²) in [5, 5.41) is 0. The third-order valence-corrected chi connectivity index (χ3v) is 1.50. The molecule has 0 aliphatic rings. The van der Waals surface area contributed by atoms with Crippen molar-refractivity contribution in [1.82, 2.24) is 4.98 Å². The van der Waals surface area contributed by atoms with Crippen molar-refractivity contribution in [3.63, 3.8) is 0 Å². The van der Waals surface area contributed by atoms with Gasteiger partial charge in [-0.15, -0.1) is 0 Å². The van der Waals surface area contributed by atoms with Crippen LogP contribution in [-0.4, -0.2) is 4.98 Å². The molecule has 4 heteroatoms. The van der Waals surface area contributed by atoms with Gasteiger partial charge < -0.3 is 4.42 Å². The van der Waals surface area contributed by atoms with E-state index in [1.807, 2.05) is 0 Å². The topological polar surface area (TPSA) is 26.0 Å². The summed E-state index contributed by atoms with van der Waals surface area (Å²) in [5.41, 5.74) is 0.862. The Bertz CT molecular complexity index is 364. The fraction of sp³-hybridized carbons (Fsp3) is 0.125. The van der Waals surface area contributed by atoms with Crippen molar-refractivity contribution in [2.24, 2.45) is 0 Å².